The Balaban J connectivity index is 1.58. The number of benzene rings is 2. The van der Waals surface area contributed by atoms with Gasteiger partial charge in [-0.1, -0.05) is 47.7 Å². The molecule has 3 rings (SSSR count). The molecule has 0 spiro atoms. The van der Waals surface area contributed by atoms with Crippen LogP contribution in [0.2, 0.25) is 0 Å². The van der Waals surface area contributed by atoms with Crippen LogP contribution in [-0.4, -0.2) is 16.8 Å². The van der Waals surface area contributed by atoms with Crippen molar-refractivity contribution in [2.75, 3.05) is 5.32 Å². The Morgan fingerprint density at radius 3 is 2.65 bits per heavy atom. The van der Waals surface area contributed by atoms with Gasteiger partial charge in [0.25, 0.3) is 0 Å². The number of aryl methyl sites for hydroxylation is 1. The van der Waals surface area contributed by atoms with Crippen molar-refractivity contribution < 1.29 is 9.59 Å². The van der Waals surface area contributed by atoms with Crippen LogP contribution in [0.1, 0.15) is 37.4 Å². The molecular formula is C20H21N3O2S. The molecule has 0 aliphatic heterocycles. The van der Waals surface area contributed by atoms with Crippen molar-refractivity contribution in [3.63, 3.8) is 0 Å². The summed E-state index contributed by atoms with van der Waals surface area (Å²) in [6.45, 7) is 3.45. The topological polar surface area (TPSA) is 71.1 Å². The molecule has 1 heterocycles. The second-order valence-corrected chi connectivity index (χ2v) is 7.23. The van der Waals surface area contributed by atoms with Crippen LogP contribution in [0.15, 0.2) is 48.5 Å². The van der Waals surface area contributed by atoms with Crippen LogP contribution in [-0.2, 0) is 16.0 Å². The summed E-state index contributed by atoms with van der Waals surface area (Å²) in [5, 5.41) is 6.33. The summed E-state index contributed by atoms with van der Waals surface area (Å²) in [6.07, 6.45) is 1.09. The zero-order valence-corrected chi connectivity index (χ0v) is 15.6. The summed E-state index contributed by atoms with van der Waals surface area (Å²) in [5.74, 6) is -0.0989. The summed E-state index contributed by atoms with van der Waals surface area (Å²) in [6, 6.07) is 15.9. The molecular weight excluding hydrogens is 346 g/mol. The number of rotatable bonds is 6. The summed E-state index contributed by atoms with van der Waals surface area (Å²) < 4.78 is 1.00. The molecule has 1 unspecified atom stereocenters. The van der Waals surface area contributed by atoms with E-state index in [1.165, 1.54) is 18.3 Å². The summed E-state index contributed by atoms with van der Waals surface area (Å²) in [5.41, 5.74) is 3.03. The van der Waals surface area contributed by atoms with Crippen molar-refractivity contribution in [2.45, 2.75) is 32.7 Å². The SMILES string of the molecule is CC(=O)Nc1nc2ccc(CCC(=O)NC(C)c3ccccc3)cc2s1. The number of nitrogens with one attached hydrogen (secondary N) is 2. The van der Waals surface area contributed by atoms with Crippen molar-refractivity contribution in [3.8, 4) is 0 Å². The number of aromatic nitrogens is 1. The number of thiazole rings is 1. The standard InChI is InChI=1S/C20H21N3O2S/c1-13(16-6-4-3-5-7-16)21-19(25)11-9-15-8-10-17-18(12-15)26-20(23-17)22-14(2)24/h3-8,10,12-13H,9,11H2,1-2H3,(H,21,25)(H,22,23,24). The molecule has 2 N–H and O–H groups in total. The molecule has 3 aromatic rings. The third kappa shape index (κ3) is 4.67. The average molecular weight is 367 g/mol. The molecule has 26 heavy (non-hydrogen) atoms. The normalized spacial score (nSPS) is 11.9. The molecule has 0 radical (unpaired) electrons. The fraction of sp³-hybridized carbons (Fsp3) is 0.250. The largest absolute Gasteiger partial charge is 0.350 e. The predicted octanol–water partition coefficient (Wildman–Crippen LogP) is 4.06. The molecule has 0 saturated heterocycles. The van der Waals surface area contributed by atoms with Crippen LogP contribution in [0.3, 0.4) is 0 Å². The number of amides is 2. The third-order valence-corrected chi connectivity index (χ3v) is 4.99. The minimum absolute atomic E-state index is 0.00658. The lowest BCUT2D eigenvalue weighted by molar-refractivity contribution is -0.121. The zero-order chi connectivity index (χ0) is 18.5. The van der Waals surface area contributed by atoms with E-state index in [0.717, 1.165) is 21.3 Å². The molecule has 1 aromatic heterocycles. The highest BCUT2D eigenvalue weighted by Crippen LogP contribution is 2.27. The van der Waals surface area contributed by atoms with Crippen LogP contribution in [0.25, 0.3) is 10.2 Å². The lowest BCUT2D eigenvalue weighted by Crippen LogP contribution is -2.26. The first kappa shape index (κ1) is 18.1. The maximum atomic E-state index is 12.2. The van der Waals surface area contributed by atoms with Crippen LogP contribution in [0.4, 0.5) is 5.13 Å². The highest BCUT2D eigenvalue weighted by Gasteiger charge is 2.10. The van der Waals surface area contributed by atoms with Gasteiger partial charge in [0, 0.05) is 13.3 Å². The number of hydrogen-bond donors (Lipinski definition) is 2. The van der Waals surface area contributed by atoms with Gasteiger partial charge in [-0.3, -0.25) is 9.59 Å². The Hall–Kier alpha value is -2.73. The number of carbonyl (C=O) groups excluding carboxylic acids is 2. The minimum atomic E-state index is -0.131. The number of carbonyl (C=O) groups is 2. The van der Waals surface area contributed by atoms with E-state index < -0.39 is 0 Å². The molecule has 0 aliphatic rings. The number of hydrogen-bond acceptors (Lipinski definition) is 4. The molecule has 2 amide bonds. The van der Waals surface area contributed by atoms with Crippen LogP contribution in [0.5, 0.6) is 0 Å². The Bertz CT molecular complexity index is 921. The molecule has 5 nitrogen and oxygen atoms in total. The number of anilines is 1. The molecule has 0 saturated carbocycles. The van der Waals surface area contributed by atoms with Gasteiger partial charge in [-0.25, -0.2) is 4.98 Å². The average Bonchev–Trinajstić information content (AvgIpc) is 3.01. The Morgan fingerprint density at radius 2 is 1.92 bits per heavy atom. The molecule has 2 aromatic carbocycles. The van der Waals surface area contributed by atoms with E-state index in [2.05, 4.69) is 15.6 Å². The Morgan fingerprint density at radius 1 is 1.15 bits per heavy atom. The molecule has 0 aliphatic carbocycles. The number of fused-ring (bicyclic) bond motifs is 1. The first-order valence-electron chi connectivity index (χ1n) is 8.52. The van der Waals surface area contributed by atoms with E-state index in [9.17, 15) is 9.59 Å². The zero-order valence-electron chi connectivity index (χ0n) is 14.8. The first-order chi connectivity index (χ1) is 12.5. The van der Waals surface area contributed by atoms with Gasteiger partial charge in [0.15, 0.2) is 5.13 Å². The summed E-state index contributed by atoms with van der Waals surface area (Å²) in [7, 11) is 0. The van der Waals surface area contributed by atoms with Gasteiger partial charge in [-0.15, -0.1) is 0 Å². The van der Waals surface area contributed by atoms with Gasteiger partial charge in [0.2, 0.25) is 11.8 Å². The fourth-order valence-corrected chi connectivity index (χ4v) is 3.70. The van der Waals surface area contributed by atoms with Crippen LogP contribution >= 0.6 is 11.3 Å². The molecule has 0 fully saturated rings. The van der Waals surface area contributed by atoms with E-state index in [0.29, 0.717) is 18.0 Å². The maximum absolute atomic E-state index is 12.2. The molecule has 134 valence electrons. The van der Waals surface area contributed by atoms with Crippen LogP contribution < -0.4 is 10.6 Å². The van der Waals surface area contributed by atoms with Crippen molar-refractivity contribution in [1.29, 1.82) is 0 Å². The lowest BCUT2D eigenvalue weighted by Gasteiger charge is -2.14. The molecule has 1 atom stereocenters. The van der Waals surface area contributed by atoms with Gasteiger partial charge in [-0.2, -0.15) is 0 Å². The van der Waals surface area contributed by atoms with Crippen LogP contribution in [0, 0.1) is 0 Å². The van der Waals surface area contributed by atoms with Gasteiger partial charge in [0.1, 0.15) is 0 Å². The van der Waals surface area contributed by atoms with E-state index in [-0.39, 0.29) is 17.9 Å². The molecule has 6 heteroatoms. The Kier molecular flexibility index (Phi) is 5.63. The number of nitrogens with zero attached hydrogens (tertiary/aromatic N) is 1. The van der Waals surface area contributed by atoms with Crippen molar-refractivity contribution >= 4 is 38.5 Å². The quantitative estimate of drug-likeness (QED) is 0.690. The second-order valence-electron chi connectivity index (χ2n) is 6.20. The summed E-state index contributed by atoms with van der Waals surface area (Å²) >= 11 is 1.44. The van der Waals surface area contributed by atoms with Gasteiger partial charge in [0.05, 0.1) is 16.3 Å². The highest BCUT2D eigenvalue weighted by molar-refractivity contribution is 7.22. The first-order valence-corrected chi connectivity index (χ1v) is 9.34. The van der Waals surface area contributed by atoms with E-state index in [1.807, 2.05) is 55.5 Å². The van der Waals surface area contributed by atoms with E-state index in [4.69, 9.17) is 0 Å². The highest BCUT2D eigenvalue weighted by atomic mass is 32.1. The smallest absolute Gasteiger partial charge is 0.223 e. The monoisotopic (exact) mass is 367 g/mol. The lowest BCUT2D eigenvalue weighted by atomic mass is 10.1. The van der Waals surface area contributed by atoms with Crippen molar-refractivity contribution in [3.05, 3.63) is 59.7 Å². The third-order valence-electron chi connectivity index (χ3n) is 4.05. The summed E-state index contributed by atoms with van der Waals surface area (Å²) in [4.78, 5) is 27.7. The van der Waals surface area contributed by atoms with Crippen molar-refractivity contribution in [2.24, 2.45) is 0 Å². The predicted molar refractivity (Wildman–Crippen MR) is 105 cm³/mol. The molecule has 0 bridgehead atoms. The van der Waals surface area contributed by atoms with Gasteiger partial charge < -0.3 is 10.6 Å². The van der Waals surface area contributed by atoms with Gasteiger partial charge in [-0.05, 0) is 36.6 Å². The van der Waals surface area contributed by atoms with E-state index >= 15 is 0 Å². The van der Waals surface area contributed by atoms with E-state index in [1.54, 1.807) is 0 Å². The second kappa shape index (κ2) is 8.10. The fourth-order valence-electron chi connectivity index (χ4n) is 2.73. The van der Waals surface area contributed by atoms with Crippen molar-refractivity contribution in [1.82, 2.24) is 10.3 Å². The maximum Gasteiger partial charge on any atom is 0.223 e. The Labute approximate surface area is 156 Å². The minimum Gasteiger partial charge on any atom is -0.350 e. The van der Waals surface area contributed by atoms with Gasteiger partial charge >= 0.3 is 0 Å².